The smallest absolute Gasteiger partial charge is 0.130 e. The third-order valence-corrected chi connectivity index (χ3v) is 7.78. The van der Waals surface area contributed by atoms with Gasteiger partial charge in [0.15, 0.2) is 0 Å². The van der Waals surface area contributed by atoms with E-state index in [1.54, 1.807) is 6.20 Å². The number of hydrogen-bond donors (Lipinski definition) is 0. The van der Waals surface area contributed by atoms with Crippen LogP contribution in [0, 0.1) is 11.8 Å². The van der Waals surface area contributed by atoms with Gasteiger partial charge in [0.05, 0.1) is 11.4 Å². The molecular weight excluding hydrogens is 432 g/mol. The zero-order valence-corrected chi connectivity index (χ0v) is 19.8. The summed E-state index contributed by atoms with van der Waals surface area (Å²) in [7, 11) is 0. The molecule has 0 aliphatic heterocycles. The van der Waals surface area contributed by atoms with Crippen molar-refractivity contribution in [1.82, 2.24) is 9.97 Å². The van der Waals surface area contributed by atoms with Gasteiger partial charge in [0.1, 0.15) is 24.7 Å². The van der Waals surface area contributed by atoms with Crippen molar-refractivity contribution in [2.75, 3.05) is 0 Å². The molecule has 4 heteroatoms. The lowest BCUT2D eigenvalue weighted by Gasteiger charge is -2.40. The van der Waals surface area contributed by atoms with Crippen LogP contribution in [0.1, 0.15) is 48.2 Å². The molecule has 2 heterocycles. The van der Waals surface area contributed by atoms with Gasteiger partial charge in [-0.15, -0.1) is 0 Å². The van der Waals surface area contributed by atoms with Crippen molar-refractivity contribution in [3.63, 3.8) is 0 Å². The second kappa shape index (κ2) is 9.53. The maximum absolute atomic E-state index is 6.48. The molecule has 2 fully saturated rings. The van der Waals surface area contributed by atoms with Gasteiger partial charge in [0.2, 0.25) is 0 Å². The predicted octanol–water partition coefficient (Wildman–Crippen LogP) is 6.74. The molecule has 3 atom stereocenters. The fourth-order valence-electron chi connectivity index (χ4n) is 6.25. The second-order valence-electron chi connectivity index (χ2n) is 9.79. The molecule has 4 aromatic rings. The largest absolute Gasteiger partial charge is 0.487 e. The Balaban J connectivity index is 1.39. The van der Waals surface area contributed by atoms with Crippen LogP contribution in [0.4, 0.5) is 0 Å². The Morgan fingerprint density at radius 1 is 0.743 bits per heavy atom. The van der Waals surface area contributed by atoms with Crippen LogP contribution in [0.2, 0.25) is 0 Å². The third kappa shape index (κ3) is 4.29. The molecule has 0 radical (unpaired) electrons. The molecule has 2 saturated carbocycles. The average Bonchev–Trinajstić information content (AvgIpc) is 3.55. The number of aromatic nitrogens is 2. The highest BCUT2D eigenvalue weighted by molar-refractivity contribution is 5.52. The van der Waals surface area contributed by atoms with Crippen molar-refractivity contribution in [2.45, 2.75) is 44.3 Å². The van der Waals surface area contributed by atoms with E-state index in [-0.39, 0.29) is 5.41 Å². The van der Waals surface area contributed by atoms with Crippen LogP contribution in [-0.4, -0.2) is 9.97 Å². The van der Waals surface area contributed by atoms with E-state index in [0.717, 1.165) is 35.2 Å². The summed E-state index contributed by atoms with van der Waals surface area (Å²) in [6, 6.07) is 29.2. The van der Waals surface area contributed by atoms with Crippen molar-refractivity contribution in [1.29, 1.82) is 0 Å². The summed E-state index contributed by atoms with van der Waals surface area (Å²) in [6.45, 7) is 0.889. The van der Waals surface area contributed by atoms with Gasteiger partial charge in [-0.25, -0.2) is 0 Å². The zero-order valence-electron chi connectivity index (χ0n) is 19.8. The van der Waals surface area contributed by atoms with E-state index < -0.39 is 0 Å². The number of rotatable bonds is 8. The second-order valence-corrected chi connectivity index (χ2v) is 9.79. The van der Waals surface area contributed by atoms with Gasteiger partial charge in [-0.05, 0) is 79.1 Å². The quantitative estimate of drug-likeness (QED) is 0.291. The number of pyridine rings is 2. The lowest BCUT2D eigenvalue weighted by Crippen LogP contribution is -2.34. The number of nitrogens with zero attached hydrogens (tertiary/aromatic N) is 2. The number of fused-ring (bicyclic) bond motifs is 2. The van der Waals surface area contributed by atoms with Crippen LogP contribution in [-0.2, 0) is 18.6 Å². The van der Waals surface area contributed by atoms with Crippen LogP contribution in [0.25, 0.3) is 0 Å². The van der Waals surface area contributed by atoms with Gasteiger partial charge in [0.25, 0.3) is 0 Å². The van der Waals surface area contributed by atoms with E-state index in [1.807, 2.05) is 48.7 Å². The third-order valence-electron chi connectivity index (χ3n) is 7.78. The molecule has 2 aliphatic rings. The average molecular weight is 463 g/mol. The fourth-order valence-corrected chi connectivity index (χ4v) is 6.25. The molecule has 3 unspecified atom stereocenters. The van der Waals surface area contributed by atoms with Gasteiger partial charge < -0.3 is 9.47 Å². The number of ether oxygens (including phenoxy) is 2. The molecule has 176 valence electrons. The van der Waals surface area contributed by atoms with Gasteiger partial charge in [0, 0.05) is 23.4 Å². The van der Waals surface area contributed by atoms with Crippen molar-refractivity contribution in [3.8, 4) is 11.5 Å². The minimum atomic E-state index is -0.0615. The van der Waals surface area contributed by atoms with Crippen LogP contribution >= 0.6 is 0 Å². The molecule has 2 aliphatic carbocycles. The number of hydrogen-bond acceptors (Lipinski definition) is 4. The van der Waals surface area contributed by atoms with E-state index in [2.05, 4.69) is 52.4 Å². The molecular formula is C31H30N2O2. The van der Waals surface area contributed by atoms with Crippen LogP contribution < -0.4 is 9.47 Å². The normalized spacial score (nSPS) is 22.7. The Morgan fingerprint density at radius 2 is 1.46 bits per heavy atom. The molecule has 2 aromatic heterocycles. The van der Waals surface area contributed by atoms with E-state index in [4.69, 9.17) is 9.47 Å². The van der Waals surface area contributed by atoms with E-state index in [0.29, 0.717) is 19.1 Å². The summed E-state index contributed by atoms with van der Waals surface area (Å²) < 4.78 is 12.7. The fraction of sp³-hybridized carbons (Fsp3) is 0.290. The Bertz CT molecular complexity index is 1260. The van der Waals surface area contributed by atoms with Gasteiger partial charge in [-0.1, -0.05) is 48.9 Å². The first-order valence-electron chi connectivity index (χ1n) is 12.6. The van der Waals surface area contributed by atoms with Crippen molar-refractivity contribution >= 4 is 0 Å². The van der Waals surface area contributed by atoms with Gasteiger partial charge in [-0.3, -0.25) is 9.97 Å². The topological polar surface area (TPSA) is 44.2 Å². The Labute approximate surface area is 207 Å². The predicted molar refractivity (Wildman–Crippen MR) is 136 cm³/mol. The van der Waals surface area contributed by atoms with Crippen molar-refractivity contribution in [2.24, 2.45) is 11.8 Å². The molecule has 2 bridgehead atoms. The molecule has 6 rings (SSSR count). The van der Waals surface area contributed by atoms with Crippen LogP contribution in [0.5, 0.6) is 11.5 Å². The van der Waals surface area contributed by atoms with E-state index >= 15 is 0 Å². The first-order chi connectivity index (χ1) is 17.3. The molecule has 0 amide bonds. The maximum atomic E-state index is 6.48. The Kier molecular flexibility index (Phi) is 5.95. The maximum Gasteiger partial charge on any atom is 0.130 e. The minimum absolute atomic E-state index is 0.0615. The highest BCUT2D eigenvalue weighted by Crippen LogP contribution is 2.61. The molecule has 4 nitrogen and oxygen atoms in total. The zero-order chi connectivity index (χ0) is 23.5. The monoisotopic (exact) mass is 462 g/mol. The summed E-state index contributed by atoms with van der Waals surface area (Å²) >= 11 is 0. The van der Waals surface area contributed by atoms with E-state index in [9.17, 15) is 0 Å². The van der Waals surface area contributed by atoms with E-state index in [1.165, 1.54) is 30.4 Å². The minimum Gasteiger partial charge on any atom is -0.487 e. The SMILES string of the molecule is c1ccc(C2(c3cc(OCc4ccccn4)ccc3OCc3ccccn3)CC3CCC2C3)cc1. The van der Waals surface area contributed by atoms with Crippen LogP contribution in [0.15, 0.2) is 97.3 Å². The highest BCUT2D eigenvalue weighted by Gasteiger charge is 2.54. The first kappa shape index (κ1) is 21.8. The van der Waals surface area contributed by atoms with Crippen molar-refractivity contribution in [3.05, 3.63) is 120 Å². The highest BCUT2D eigenvalue weighted by atomic mass is 16.5. The molecule has 35 heavy (non-hydrogen) atoms. The lowest BCUT2D eigenvalue weighted by molar-refractivity contribution is 0.265. The lowest BCUT2D eigenvalue weighted by atomic mass is 9.64. The summed E-state index contributed by atoms with van der Waals surface area (Å²) in [5.41, 5.74) is 4.41. The summed E-state index contributed by atoms with van der Waals surface area (Å²) in [5, 5.41) is 0. The van der Waals surface area contributed by atoms with Crippen molar-refractivity contribution < 1.29 is 9.47 Å². The Hall–Kier alpha value is -3.66. The Morgan fingerprint density at radius 3 is 2.09 bits per heavy atom. The molecule has 0 spiro atoms. The molecule has 0 saturated heterocycles. The number of benzene rings is 2. The van der Waals surface area contributed by atoms with Crippen LogP contribution in [0.3, 0.4) is 0 Å². The van der Waals surface area contributed by atoms with Gasteiger partial charge >= 0.3 is 0 Å². The van der Waals surface area contributed by atoms with Gasteiger partial charge in [-0.2, -0.15) is 0 Å². The molecule has 2 aromatic carbocycles. The standard InChI is InChI=1S/C31H30N2O2/c1-2-8-24(9-3-1)31(20-23-12-13-25(31)18-23)29-19-28(34-21-26-10-4-6-16-32-26)14-15-30(29)35-22-27-11-5-7-17-33-27/h1-11,14-17,19,23,25H,12-13,18,20-22H2. The summed E-state index contributed by atoms with van der Waals surface area (Å²) in [6.07, 6.45) is 8.66. The summed E-state index contributed by atoms with van der Waals surface area (Å²) in [5.74, 6) is 3.16. The first-order valence-corrected chi connectivity index (χ1v) is 12.6. The molecule has 0 N–H and O–H groups in total. The summed E-state index contributed by atoms with van der Waals surface area (Å²) in [4.78, 5) is 8.87.